The van der Waals surface area contributed by atoms with Crippen LogP contribution in [0.4, 0.5) is 0 Å². The zero-order valence-corrected chi connectivity index (χ0v) is 16.4. The minimum atomic E-state index is -0.375. The van der Waals surface area contributed by atoms with Gasteiger partial charge in [-0.3, -0.25) is 9.59 Å². The summed E-state index contributed by atoms with van der Waals surface area (Å²) >= 11 is 0. The van der Waals surface area contributed by atoms with E-state index in [4.69, 9.17) is 0 Å². The van der Waals surface area contributed by atoms with Crippen LogP contribution < -0.4 is 5.56 Å². The second-order valence-corrected chi connectivity index (χ2v) is 7.17. The molecule has 29 heavy (non-hydrogen) atoms. The average molecular weight is 379 g/mol. The van der Waals surface area contributed by atoms with Crippen LogP contribution in [0, 0.1) is 13.8 Å². The molecule has 0 aliphatic rings. The topological polar surface area (TPSA) is 49.9 Å². The van der Waals surface area contributed by atoms with E-state index in [2.05, 4.69) is 4.98 Å². The minimum Gasteiger partial charge on any atom is -0.321 e. The number of carbonyl (C=O) groups is 1. The van der Waals surface area contributed by atoms with Crippen molar-refractivity contribution in [1.29, 1.82) is 0 Å². The van der Waals surface area contributed by atoms with Crippen LogP contribution in [0.3, 0.4) is 0 Å². The number of H-pyrrole nitrogens is 1. The fourth-order valence-electron chi connectivity index (χ4n) is 3.57. The largest absolute Gasteiger partial charge is 0.321 e. The van der Waals surface area contributed by atoms with Crippen molar-refractivity contribution in [2.75, 3.05) is 0 Å². The van der Waals surface area contributed by atoms with Crippen molar-refractivity contribution in [2.24, 2.45) is 0 Å². The summed E-state index contributed by atoms with van der Waals surface area (Å²) in [5, 5.41) is 0.864. The van der Waals surface area contributed by atoms with E-state index in [1.807, 2.05) is 86.6 Å². The number of aryl methyl sites for hydroxylation is 2. The molecule has 1 N–H and O–H groups in total. The molecular weight excluding hydrogens is 358 g/mol. The molecular formula is C26H21NO2. The molecule has 0 bridgehead atoms. The highest BCUT2D eigenvalue weighted by molar-refractivity contribution is 6.15. The Bertz CT molecular complexity index is 1300. The number of carbonyl (C=O) groups excluding carboxylic acids is 1. The Hall–Kier alpha value is -3.72. The smallest absolute Gasteiger partial charge is 0.260 e. The summed E-state index contributed by atoms with van der Waals surface area (Å²) in [4.78, 5) is 29.0. The predicted octanol–water partition coefficient (Wildman–Crippen LogP) is 5.71. The third kappa shape index (κ3) is 3.67. The number of allylic oxidation sites excluding steroid dienone is 1. The number of aromatic amines is 1. The van der Waals surface area contributed by atoms with Crippen LogP contribution in [0.1, 0.15) is 27.0 Å². The van der Waals surface area contributed by atoms with E-state index in [-0.39, 0.29) is 16.9 Å². The maximum atomic E-state index is 13.2. The monoisotopic (exact) mass is 379 g/mol. The second-order valence-electron chi connectivity index (χ2n) is 7.17. The minimum absolute atomic E-state index is 0.166. The molecule has 4 aromatic rings. The van der Waals surface area contributed by atoms with Crippen molar-refractivity contribution in [1.82, 2.24) is 4.98 Å². The fraction of sp³-hybridized carbons (Fsp3) is 0.0769. The van der Waals surface area contributed by atoms with Crippen LogP contribution >= 0.6 is 0 Å². The van der Waals surface area contributed by atoms with Crippen molar-refractivity contribution in [3.05, 3.63) is 111 Å². The number of aromatic nitrogens is 1. The lowest BCUT2D eigenvalue weighted by atomic mass is 9.93. The lowest BCUT2D eigenvalue weighted by molar-refractivity contribution is 0.104. The third-order valence-electron chi connectivity index (χ3n) is 5.08. The molecule has 3 heteroatoms. The van der Waals surface area contributed by atoms with Crippen LogP contribution in [0.15, 0.2) is 83.7 Å². The molecule has 1 aromatic heterocycles. The van der Waals surface area contributed by atoms with Gasteiger partial charge < -0.3 is 4.98 Å². The Kier molecular flexibility index (Phi) is 4.96. The van der Waals surface area contributed by atoms with Gasteiger partial charge in [-0.25, -0.2) is 0 Å². The van der Waals surface area contributed by atoms with Gasteiger partial charge in [0.2, 0.25) is 0 Å². The molecule has 0 saturated heterocycles. The number of hydrogen-bond donors (Lipinski definition) is 1. The van der Waals surface area contributed by atoms with Gasteiger partial charge >= 0.3 is 0 Å². The number of benzene rings is 3. The van der Waals surface area contributed by atoms with Gasteiger partial charge in [0.1, 0.15) is 0 Å². The summed E-state index contributed by atoms with van der Waals surface area (Å²) < 4.78 is 0. The number of ketones is 1. The van der Waals surface area contributed by atoms with Crippen LogP contribution in [0.5, 0.6) is 0 Å². The van der Waals surface area contributed by atoms with Gasteiger partial charge in [0.15, 0.2) is 5.78 Å². The van der Waals surface area contributed by atoms with Gasteiger partial charge in [0.25, 0.3) is 5.56 Å². The number of fused-ring (bicyclic) bond motifs is 1. The molecule has 142 valence electrons. The lowest BCUT2D eigenvalue weighted by Crippen LogP contribution is -2.18. The maximum absolute atomic E-state index is 13.2. The van der Waals surface area contributed by atoms with Gasteiger partial charge in [-0.05, 0) is 48.7 Å². The number of nitrogens with one attached hydrogen (secondary N) is 1. The summed E-state index contributed by atoms with van der Waals surface area (Å²) in [5.74, 6) is -0.309. The van der Waals surface area contributed by atoms with Crippen molar-refractivity contribution in [2.45, 2.75) is 13.8 Å². The third-order valence-corrected chi connectivity index (χ3v) is 5.08. The molecule has 0 atom stereocenters. The summed E-state index contributed by atoms with van der Waals surface area (Å²) in [6.45, 7) is 3.99. The van der Waals surface area contributed by atoms with Gasteiger partial charge in [0.05, 0.1) is 5.56 Å². The van der Waals surface area contributed by atoms with Gasteiger partial charge in [-0.15, -0.1) is 0 Å². The first-order valence-electron chi connectivity index (χ1n) is 9.54. The molecule has 3 aromatic carbocycles. The Morgan fingerprint density at radius 3 is 2.38 bits per heavy atom. The first-order chi connectivity index (χ1) is 14.0. The molecule has 1 heterocycles. The summed E-state index contributed by atoms with van der Waals surface area (Å²) in [7, 11) is 0. The molecule has 0 aliphatic heterocycles. The molecule has 0 saturated carbocycles. The van der Waals surface area contributed by atoms with Crippen LogP contribution in [0.2, 0.25) is 0 Å². The van der Waals surface area contributed by atoms with Gasteiger partial charge in [0, 0.05) is 16.5 Å². The van der Waals surface area contributed by atoms with E-state index >= 15 is 0 Å². The van der Waals surface area contributed by atoms with Gasteiger partial charge in [-0.1, -0.05) is 72.3 Å². The van der Waals surface area contributed by atoms with E-state index in [1.54, 1.807) is 6.08 Å². The summed E-state index contributed by atoms with van der Waals surface area (Å²) in [6.07, 6.45) is 3.26. The molecule has 0 aliphatic carbocycles. The first-order valence-corrected chi connectivity index (χ1v) is 9.54. The molecule has 0 radical (unpaired) electrons. The van der Waals surface area contributed by atoms with E-state index in [9.17, 15) is 9.59 Å². The van der Waals surface area contributed by atoms with Crippen molar-refractivity contribution in [3.8, 4) is 11.1 Å². The standard InChI is InChI=1S/C26H21NO2/c1-17-12-14-22-21(16-17)24(20-10-4-3-5-11-20)25(26(29)27-22)23(28)15-13-19-9-7-6-8-18(19)2/h3-16H,1-2H3,(H,27,29)/b15-13+. The lowest BCUT2D eigenvalue weighted by Gasteiger charge is -2.12. The molecule has 3 nitrogen and oxygen atoms in total. The zero-order valence-electron chi connectivity index (χ0n) is 16.4. The molecule has 0 amide bonds. The normalized spacial score (nSPS) is 11.2. The van der Waals surface area contributed by atoms with Crippen molar-refractivity contribution in [3.63, 3.8) is 0 Å². The maximum Gasteiger partial charge on any atom is 0.260 e. The Balaban J connectivity index is 1.94. The Labute approximate surface area is 169 Å². The highest BCUT2D eigenvalue weighted by atomic mass is 16.1. The van der Waals surface area contributed by atoms with E-state index in [1.165, 1.54) is 6.08 Å². The molecule has 4 rings (SSSR count). The quantitative estimate of drug-likeness (QED) is 0.365. The number of pyridine rings is 1. The molecule has 0 spiro atoms. The fourth-order valence-corrected chi connectivity index (χ4v) is 3.57. The van der Waals surface area contributed by atoms with Crippen LogP contribution in [-0.2, 0) is 0 Å². The van der Waals surface area contributed by atoms with Crippen molar-refractivity contribution >= 4 is 22.8 Å². The van der Waals surface area contributed by atoms with E-state index in [0.29, 0.717) is 5.56 Å². The number of rotatable bonds is 4. The molecule has 0 fully saturated rings. The highest BCUT2D eigenvalue weighted by Crippen LogP contribution is 2.30. The predicted molar refractivity (Wildman–Crippen MR) is 119 cm³/mol. The first kappa shape index (κ1) is 18.6. The molecule has 0 unspecified atom stereocenters. The van der Waals surface area contributed by atoms with Crippen molar-refractivity contribution < 1.29 is 4.79 Å². The van der Waals surface area contributed by atoms with Gasteiger partial charge in [-0.2, -0.15) is 0 Å². The zero-order chi connectivity index (χ0) is 20.4. The second kappa shape index (κ2) is 7.72. The van der Waals surface area contributed by atoms with E-state index < -0.39 is 0 Å². The highest BCUT2D eigenvalue weighted by Gasteiger charge is 2.19. The van der Waals surface area contributed by atoms with E-state index in [0.717, 1.165) is 33.2 Å². The number of hydrogen-bond acceptors (Lipinski definition) is 2. The Morgan fingerprint density at radius 2 is 1.62 bits per heavy atom. The van der Waals surface area contributed by atoms with Crippen LogP contribution in [0.25, 0.3) is 28.1 Å². The summed E-state index contributed by atoms with van der Waals surface area (Å²) in [6, 6.07) is 23.3. The summed E-state index contributed by atoms with van der Waals surface area (Å²) in [5.41, 5.74) is 5.13. The Morgan fingerprint density at radius 1 is 0.897 bits per heavy atom. The van der Waals surface area contributed by atoms with Crippen LogP contribution in [-0.4, -0.2) is 10.8 Å². The average Bonchev–Trinajstić information content (AvgIpc) is 2.73. The SMILES string of the molecule is Cc1ccc2[nH]c(=O)c(C(=O)/C=C/c3ccccc3C)c(-c3ccccc3)c2c1.